The summed E-state index contributed by atoms with van der Waals surface area (Å²) in [6.07, 6.45) is 0.258. The average Bonchev–Trinajstić information content (AvgIpc) is 3.01. The van der Waals surface area contributed by atoms with Gasteiger partial charge in [0.1, 0.15) is 4.34 Å². The topological polar surface area (TPSA) is 42.0 Å². The number of carbonyl (C=O) groups is 1. The van der Waals surface area contributed by atoms with Crippen molar-refractivity contribution in [2.24, 2.45) is 0 Å². The number of halogens is 1. The van der Waals surface area contributed by atoms with E-state index in [1.165, 1.54) is 11.1 Å². The van der Waals surface area contributed by atoms with Gasteiger partial charge in [0.25, 0.3) is 0 Å². The maximum atomic E-state index is 12.1. The minimum Gasteiger partial charge on any atom is -0.326 e. The maximum absolute atomic E-state index is 12.1. The van der Waals surface area contributed by atoms with Crippen LogP contribution in [0.15, 0.2) is 58.3 Å². The van der Waals surface area contributed by atoms with E-state index in [9.17, 15) is 4.79 Å². The van der Waals surface area contributed by atoms with Crippen LogP contribution in [0.3, 0.4) is 0 Å². The van der Waals surface area contributed by atoms with Gasteiger partial charge in [0.05, 0.1) is 12.1 Å². The summed E-state index contributed by atoms with van der Waals surface area (Å²) in [5.74, 6) is 0.782. The molecule has 0 spiro atoms. The first kappa shape index (κ1) is 18.0. The van der Waals surface area contributed by atoms with Crippen molar-refractivity contribution in [1.29, 1.82) is 0 Å². The SMILES string of the molecule is Cc1ccc(CSc2nc(CC(=O)Nc3cccc(Cl)c3)cs2)cc1. The van der Waals surface area contributed by atoms with Gasteiger partial charge >= 0.3 is 0 Å². The van der Waals surface area contributed by atoms with Crippen LogP contribution in [0.5, 0.6) is 0 Å². The molecule has 0 unspecified atom stereocenters. The van der Waals surface area contributed by atoms with Crippen molar-refractivity contribution in [2.45, 2.75) is 23.4 Å². The van der Waals surface area contributed by atoms with Crippen LogP contribution >= 0.6 is 34.7 Å². The molecule has 25 heavy (non-hydrogen) atoms. The molecule has 3 aromatic rings. The monoisotopic (exact) mass is 388 g/mol. The number of nitrogens with one attached hydrogen (secondary N) is 1. The van der Waals surface area contributed by atoms with Gasteiger partial charge in [-0.1, -0.05) is 59.3 Å². The molecule has 6 heteroatoms. The molecule has 0 fully saturated rings. The summed E-state index contributed by atoms with van der Waals surface area (Å²) in [6.45, 7) is 2.08. The van der Waals surface area contributed by atoms with Crippen molar-refractivity contribution in [1.82, 2.24) is 4.98 Å². The predicted molar refractivity (Wildman–Crippen MR) is 107 cm³/mol. The second-order valence-corrected chi connectivity index (χ2v) is 8.13. The Morgan fingerprint density at radius 1 is 1.24 bits per heavy atom. The van der Waals surface area contributed by atoms with E-state index in [1.807, 2.05) is 11.4 Å². The van der Waals surface area contributed by atoms with Crippen molar-refractivity contribution in [2.75, 3.05) is 5.32 Å². The molecule has 0 aliphatic carbocycles. The number of anilines is 1. The van der Waals surface area contributed by atoms with Crippen LogP contribution in [-0.4, -0.2) is 10.9 Å². The number of thiazole rings is 1. The number of aryl methyl sites for hydroxylation is 1. The van der Waals surface area contributed by atoms with Crippen LogP contribution in [0.1, 0.15) is 16.8 Å². The van der Waals surface area contributed by atoms with E-state index in [2.05, 4.69) is 41.5 Å². The van der Waals surface area contributed by atoms with Crippen molar-refractivity contribution in [3.63, 3.8) is 0 Å². The first-order valence-electron chi connectivity index (χ1n) is 7.77. The molecule has 1 N–H and O–H groups in total. The van der Waals surface area contributed by atoms with Crippen LogP contribution in [0.2, 0.25) is 5.02 Å². The fourth-order valence-electron chi connectivity index (χ4n) is 2.20. The lowest BCUT2D eigenvalue weighted by Crippen LogP contribution is -2.14. The molecule has 1 amide bonds. The van der Waals surface area contributed by atoms with Gasteiger partial charge in [0.15, 0.2) is 0 Å². The molecule has 2 aromatic carbocycles. The summed E-state index contributed by atoms with van der Waals surface area (Å²) in [4.78, 5) is 16.7. The number of aromatic nitrogens is 1. The van der Waals surface area contributed by atoms with Gasteiger partial charge in [-0.25, -0.2) is 4.98 Å². The van der Waals surface area contributed by atoms with Crippen LogP contribution in [0.4, 0.5) is 5.69 Å². The fourth-order valence-corrected chi connectivity index (χ4v) is 4.19. The van der Waals surface area contributed by atoms with E-state index < -0.39 is 0 Å². The molecule has 0 aliphatic rings. The Morgan fingerprint density at radius 2 is 2.04 bits per heavy atom. The van der Waals surface area contributed by atoms with Gasteiger partial charge in [-0.15, -0.1) is 11.3 Å². The number of nitrogens with zero attached hydrogens (tertiary/aromatic N) is 1. The summed E-state index contributed by atoms with van der Waals surface area (Å²) in [6, 6.07) is 15.6. The lowest BCUT2D eigenvalue weighted by Gasteiger charge is -2.04. The highest BCUT2D eigenvalue weighted by molar-refractivity contribution is 8.00. The molecular weight excluding hydrogens is 372 g/mol. The number of rotatable bonds is 6. The molecule has 0 radical (unpaired) electrons. The largest absolute Gasteiger partial charge is 0.326 e. The molecule has 0 aliphatic heterocycles. The first-order valence-corrected chi connectivity index (χ1v) is 10.0. The number of hydrogen-bond donors (Lipinski definition) is 1. The van der Waals surface area contributed by atoms with Gasteiger partial charge < -0.3 is 5.32 Å². The second-order valence-electron chi connectivity index (χ2n) is 5.61. The lowest BCUT2D eigenvalue weighted by molar-refractivity contribution is -0.115. The Morgan fingerprint density at radius 3 is 2.80 bits per heavy atom. The minimum atomic E-state index is -0.0948. The number of hydrogen-bond acceptors (Lipinski definition) is 4. The highest BCUT2D eigenvalue weighted by Crippen LogP contribution is 2.26. The first-order chi connectivity index (χ1) is 12.1. The third-order valence-corrected chi connectivity index (χ3v) is 5.84. The third kappa shape index (κ3) is 5.59. The molecule has 1 aromatic heterocycles. The summed E-state index contributed by atoms with van der Waals surface area (Å²) in [7, 11) is 0. The van der Waals surface area contributed by atoms with Crippen molar-refractivity contribution < 1.29 is 4.79 Å². The Hall–Kier alpha value is -1.82. The van der Waals surface area contributed by atoms with E-state index in [-0.39, 0.29) is 12.3 Å². The Balaban J connectivity index is 1.52. The van der Waals surface area contributed by atoms with E-state index in [1.54, 1.807) is 41.3 Å². The molecule has 0 bridgehead atoms. The molecular formula is C19H17ClN2OS2. The van der Waals surface area contributed by atoms with Crippen LogP contribution in [0.25, 0.3) is 0 Å². The summed E-state index contributed by atoms with van der Waals surface area (Å²) < 4.78 is 0.978. The van der Waals surface area contributed by atoms with E-state index in [0.717, 1.165) is 15.8 Å². The highest BCUT2D eigenvalue weighted by Gasteiger charge is 2.09. The Kier molecular flexibility index (Phi) is 6.13. The van der Waals surface area contributed by atoms with E-state index >= 15 is 0 Å². The third-order valence-electron chi connectivity index (χ3n) is 3.46. The average molecular weight is 389 g/mol. The van der Waals surface area contributed by atoms with Gasteiger partial charge in [0, 0.05) is 21.8 Å². The fraction of sp³-hybridized carbons (Fsp3) is 0.158. The number of thioether (sulfide) groups is 1. The maximum Gasteiger partial charge on any atom is 0.230 e. The van der Waals surface area contributed by atoms with Crippen LogP contribution < -0.4 is 5.32 Å². The smallest absolute Gasteiger partial charge is 0.230 e. The number of carbonyl (C=O) groups excluding carboxylic acids is 1. The molecule has 3 nitrogen and oxygen atoms in total. The molecule has 3 rings (SSSR count). The summed E-state index contributed by atoms with van der Waals surface area (Å²) >= 11 is 9.19. The molecule has 128 valence electrons. The van der Waals surface area contributed by atoms with E-state index in [0.29, 0.717) is 10.7 Å². The molecule has 0 saturated heterocycles. The Bertz CT molecular complexity index is 862. The number of benzene rings is 2. The van der Waals surface area contributed by atoms with Crippen molar-refractivity contribution in [3.05, 3.63) is 75.8 Å². The summed E-state index contributed by atoms with van der Waals surface area (Å²) in [5, 5.41) is 5.38. The minimum absolute atomic E-state index is 0.0948. The van der Waals surface area contributed by atoms with Crippen molar-refractivity contribution >= 4 is 46.3 Å². The highest BCUT2D eigenvalue weighted by atomic mass is 35.5. The van der Waals surface area contributed by atoms with Crippen LogP contribution in [-0.2, 0) is 17.0 Å². The molecule has 0 atom stereocenters. The molecule has 0 saturated carbocycles. The number of amides is 1. The normalized spacial score (nSPS) is 10.6. The summed E-state index contributed by atoms with van der Waals surface area (Å²) in [5.41, 5.74) is 4.01. The predicted octanol–water partition coefficient (Wildman–Crippen LogP) is 5.58. The lowest BCUT2D eigenvalue weighted by atomic mass is 10.2. The van der Waals surface area contributed by atoms with E-state index in [4.69, 9.17) is 11.6 Å². The Labute approximate surface area is 160 Å². The zero-order valence-corrected chi connectivity index (χ0v) is 16.0. The van der Waals surface area contributed by atoms with Gasteiger partial charge in [-0.3, -0.25) is 4.79 Å². The van der Waals surface area contributed by atoms with Gasteiger partial charge in [-0.2, -0.15) is 0 Å². The molecule has 1 heterocycles. The van der Waals surface area contributed by atoms with Crippen molar-refractivity contribution in [3.8, 4) is 0 Å². The van der Waals surface area contributed by atoms with Gasteiger partial charge in [0.2, 0.25) is 5.91 Å². The quantitative estimate of drug-likeness (QED) is 0.560. The zero-order valence-electron chi connectivity index (χ0n) is 13.7. The zero-order chi connectivity index (χ0) is 17.6. The van der Waals surface area contributed by atoms with Crippen LogP contribution in [0, 0.1) is 6.92 Å². The standard InChI is InChI=1S/C19H17ClN2OS2/c1-13-5-7-14(8-6-13)11-24-19-22-17(12-25-19)10-18(23)21-16-4-2-3-15(20)9-16/h2-9,12H,10-11H2,1H3,(H,21,23). The second kappa shape index (κ2) is 8.52. The van der Waals surface area contributed by atoms with Gasteiger partial charge in [-0.05, 0) is 30.7 Å².